The number of aliphatic carboxylic acids is 1. The number of amides is 8. The maximum Gasteiger partial charge on any atom is 0.321 e. The maximum absolute atomic E-state index is 14.0. The monoisotopic (exact) mass is 1350 g/mol. The second kappa shape index (κ2) is 49.6. The fraction of sp³-hybridized carbons (Fsp3) is 0.818. The third-order valence-corrected chi connectivity index (χ3v) is 17.5. The number of carboxylic acid groups (broad SMARTS) is 1. The lowest BCUT2D eigenvalue weighted by Crippen LogP contribution is -2.63. The number of unbranched alkanes of at least 4 members (excludes halogenated alkanes) is 16. The number of aliphatic hydroxyl groups is 4. The summed E-state index contributed by atoms with van der Waals surface area (Å²) in [5.74, 6) is -9.52. The Morgan fingerprint density at radius 2 is 1.11 bits per heavy atom. The lowest BCUT2D eigenvalue weighted by atomic mass is 9.97. The van der Waals surface area contributed by atoms with Crippen molar-refractivity contribution in [2.75, 3.05) is 6.54 Å². The molecule has 13 unspecified atom stereocenters. The molecule has 29 heteroatoms. The third-order valence-electron chi connectivity index (χ3n) is 17.5. The number of aliphatic hydroxyl groups excluding tert-OH is 4. The van der Waals surface area contributed by atoms with E-state index in [4.69, 9.17) is 34.4 Å². The number of aromatic amines is 1. The molecule has 1 aromatic rings. The van der Waals surface area contributed by atoms with Crippen molar-refractivity contribution in [3.8, 4) is 0 Å². The van der Waals surface area contributed by atoms with Crippen LogP contribution in [0.25, 0.3) is 0 Å². The molecule has 8 amide bonds. The van der Waals surface area contributed by atoms with Gasteiger partial charge in [0.1, 0.15) is 30.2 Å². The fourth-order valence-corrected chi connectivity index (χ4v) is 11.7. The molecule has 2 rings (SSSR count). The van der Waals surface area contributed by atoms with Crippen molar-refractivity contribution >= 4 is 53.2 Å². The van der Waals surface area contributed by atoms with Gasteiger partial charge in [-0.05, 0) is 78.6 Å². The second-order valence-corrected chi connectivity index (χ2v) is 26.8. The zero-order valence-electron chi connectivity index (χ0n) is 57.1. The van der Waals surface area contributed by atoms with E-state index in [1.165, 1.54) is 116 Å². The predicted octanol–water partition coefficient (Wildman–Crippen LogP) is 0.964. The van der Waals surface area contributed by atoms with Gasteiger partial charge in [0.05, 0.1) is 68.5 Å². The quantitative estimate of drug-likeness (QED) is 0.0404. The Kier molecular flexibility index (Phi) is 44.4. The highest BCUT2D eigenvalue weighted by Crippen LogP contribution is 2.19. The molecule has 25 N–H and O–H groups in total. The minimum atomic E-state index is -1.80. The van der Waals surface area contributed by atoms with E-state index in [1.54, 1.807) is 0 Å². The van der Waals surface area contributed by atoms with Gasteiger partial charge in [-0.1, -0.05) is 128 Å². The molecule has 1 aliphatic heterocycles. The van der Waals surface area contributed by atoms with E-state index >= 15 is 0 Å². The minimum Gasteiger partial charge on any atom is -0.480 e. The van der Waals surface area contributed by atoms with Crippen LogP contribution in [0.3, 0.4) is 0 Å². The van der Waals surface area contributed by atoms with Crippen LogP contribution >= 0.6 is 0 Å². The van der Waals surface area contributed by atoms with Crippen LogP contribution in [0, 0.1) is 0 Å². The first-order valence-corrected chi connectivity index (χ1v) is 35.2. The highest BCUT2D eigenvalue weighted by atomic mass is 16.4. The van der Waals surface area contributed by atoms with Gasteiger partial charge >= 0.3 is 5.97 Å². The molecule has 0 saturated carbocycles. The number of H-pyrrole nitrogens is 1. The second-order valence-electron chi connectivity index (χ2n) is 26.8. The number of carbonyl (C=O) groups is 9. The van der Waals surface area contributed by atoms with Crippen LogP contribution in [0.2, 0.25) is 0 Å². The summed E-state index contributed by atoms with van der Waals surface area (Å²) in [6.45, 7) is 4.72. The smallest absolute Gasteiger partial charge is 0.321 e. The number of carbonyl (C=O) groups excluding carboxylic acids is 8. The van der Waals surface area contributed by atoms with E-state index in [9.17, 15) is 68.7 Å². The van der Waals surface area contributed by atoms with E-state index < -0.39 is 152 Å². The van der Waals surface area contributed by atoms with Crippen molar-refractivity contribution < 1.29 is 68.7 Å². The van der Waals surface area contributed by atoms with Gasteiger partial charge in [-0.2, -0.15) is 0 Å². The Hall–Kier alpha value is -5.92. The molecule has 1 saturated heterocycles. The molecule has 15 atom stereocenters. The van der Waals surface area contributed by atoms with Crippen LogP contribution < -0.4 is 71.6 Å². The zero-order valence-corrected chi connectivity index (χ0v) is 57.1. The Balaban J connectivity index is 1.69. The van der Waals surface area contributed by atoms with Crippen molar-refractivity contribution in [1.29, 1.82) is 0 Å². The molecule has 1 fully saturated rings. The normalized spacial score (nSPS) is 19.7. The molecule has 0 radical (unpaired) electrons. The minimum absolute atomic E-state index is 0.129. The van der Waals surface area contributed by atoms with Gasteiger partial charge in [-0.25, -0.2) is 4.98 Å². The van der Waals surface area contributed by atoms with Crippen molar-refractivity contribution in [2.45, 2.75) is 336 Å². The van der Waals surface area contributed by atoms with E-state index in [1.807, 2.05) is 0 Å². The predicted molar refractivity (Wildman–Crippen MR) is 362 cm³/mol. The first-order valence-electron chi connectivity index (χ1n) is 35.2. The first-order chi connectivity index (χ1) is 45.1. The lowest BCUT2D eigenvalue weighted by molar-refractivity contribution is -0.140. The largest absolute Gasteiger partial charge is 0.480 e. The summed E-state index contributed by atoms with van der Waals surface area (Å²) in [5, 5.41) is 69.3. The number of carboxylic acids is 1. The molecule has 1 aliphatic rings. The topological polar surface area (TPSA) is 524 Å². The lowest BCUT2D eigenvalue weighted by Gasteiger charge is -2.32. The summed E-state index contributed by atoms with van der Waals surface area (Å²) in [6, 6.07) is -10.1. The van der Waals surface area contributed by atoms with Crippen LogP contribution in [-0.4, -0.2) is 186 Å². The van der Waals surface area contributed by atoms with Gasteiger partial charge in [-0.15, -0.1) is 0 Å². The summed E-state index contributed by atoms with van der Waals surface area (Å²) < 4.78 is 0. The standard InChI is InChI=1S/C66H123N15O14/c1-42(67)24-16-8-4-9-17-25-45(68)26-18-10-5-11-19-27-46(69)28-20-12-6-13-21-29-47(70)30-22-14-7-15-23-31-49(83)32-33-74-57(87)36-50(84)35-55(85)61(44(3)82)81-65(93)60-43(2)76-59(89)39-54(63(91)78-53(38-56(72)86)64(92)80-60)79-62(90)52(34-48-40-73-41-75-48)77-58(88)37-51(71)66(94)95/h40-47,49-55,60-61,82-85H,4-39,67-71H2,1-3H3,(H2,72,86)(H,73,75)(H,74,87)(H,76,89)(H,77,88)(H,78,91)(H,79,90)(H,80,92)(H,81,93)(H,94,95)/t42?,43?,44-,45?,46?,47?,49?,50?,51?,52+,53?,54?,55?,60?,61?/m1/s1. The van der Waals surface area contributed by atoms with E-state index in [0.717, 1.165) is 83.5 Å². The van der Waals surface area contributed by atoms with Crippen LogP contribution in [-0.2, 0) is 49.6 Å². The number of aromatic nitrogens is 2. The molecule has 95 heavy (non-hydrogen) atoms. The Morgan fingerprint density at radius 3 is 1.57 bits per heavy atom. The Morgan fingerprint density at radius 1 is 0.611 bits per heavy atom. The highest BCUT2D eigenvalue weighted by Gasteiger charge is 2.39. The van der Waals surface area contributed by atoms with Gasteiger partial charge in [0.25, 0.3) is 0 Å². The number of rotatable bonds is 53. The van der Waals surface area contributed by atoms with Gasteiger partial charge in [0.15, 0.2) is 0 Å². The number of nitrogens with one attached hydrogen (secondary N) is 8. The summed E-state index contributed by atoms with van der Waals surface area (Å²) in [7, 11) is 0. The van der Waals surface area contributed by atoms with Gasteiger partial charge in [0, 0.05) is 55.4 Å². The number of hydrogen-bond acceptors (Lipinski definition) is 19. The van der Waals surface area contributed by atoms with E-state index in [0.29, 0.717) is 30.2 Å². The van der Waals surface area contributed by atoms with Crippen LogP contribution in [0.15, 0.2) is 12.5 Å². The van der Waals surface area contributed by atoms with Crippen LogP contribution in [0.4, 0.5) is 0 Å². The molecule has 546 valence electrons. The van der Waals surface area contributed by atoms with Gasteiger partial charge < -0.3 is 102 Å². The number of imidazole rings is 1. The maximum atomic E-state index is 14.0. The van der Waals surface area contributed by atoms with Crippen molar-refractivity contribution in [2.24, 2.45) is 34.4 Å². The number of primary amides is 1. The number of nitrogens with two attached hydrogens (primary N) is 6. The summed E-state index contributed by atoms with van der Waals surface area (Å²) in [5.41, 5.74) is 36.3. The molecule has 0 aromatic carbocycles. The fourth-order valence-electron chi connectivity index (χ4n) is 11.7. The Bertz CT molecular complexity index is 2360. The molecule has 0 spiro atoms. The first kappa shape index (κ1) is 85.2. The Labute approximate surface area is 562 Å². The molecule has 2 heterocycles. The van der Waals surface area contributed by atoms with E-state index in [-0.39, 0.29) is 25.4 Å². The van der Waals surface area contributed by atoms with Crippen LogP contribution in [0.1, 0.15) is 245 Å². The van der Waals surface area contributed by atoms with Crippen LogP contribution in [0.5, 0.6) is 0 Å². The number of hydrogen-bond donors (Lipinski definition) is 19. The molecule has 0 bridgehead atoms. The van der Waals surface area contributed by atoms with Crippen molar-refractivity contribution in [3.63, 3.8) is 0 Å². The van der Waals surface area contributed by atoms with E-state index in [2.05, 4.69) is 54.1 Å². The molecule has 1 aromatic heterocycles. The average molecular weight is 1350 g/mol. The van der Waals surface area contributed by atoms with Crippen molar-refractivity contribution in [3.05, 3.63) is 18.2 Å². The SMILES string of the molecule is CC(N)CCCCCCCC(N)CCCCCCCC(N)CCCCCCCC(N)CCCCCCCC(O)CCNC(=O)CC(O)CC(O)C(NC(=O)C1NC(=O)C(CC(N)=O)NC(=O)C(NC(=O)[C@H](Cc2cnc[nH]2)NC(=O)CC(N)C(=O)O)CC(=O)NC1C)[C@@H](C)O. The zero-order chi connectivity index (χ0) is 70.7. The molecular weight excluding hydrogens is 1230 g/mol. The summed E-state index contributed by atoms with van der Waals surface area (Å²) >= 11 is 0. The molecular formula is C66H123N15O14. The summed E-state index contributed by atoms with van der Waals surface area (Å²) in [4.78, 5) is 124. The van der Waals surface area contributed by atoms with Crippen molar-refractivity contribution in [1.82, 2.24) is 47.2 Å². The summed E-state index contributed by atoms with van der Waals surface area (Å²) in [6.07, 6.45) is 25.7. The third kappa shape index (κ3) is 40.4. The average Bonchev–Trinajstić information content (AvgIpc) is 1.84. The van der Waals surface area contributed by atoms with Gasteiger partial charge in [-0.3, -0.25) is 43.2 Å². The molecule has 29 nitrogen and oxygen atoms in total. The highest BCUT2D eigenvalue weighted by molar-refractivity contribution is 5.99. The number of nitrogens with zero attached hydrogens (tertiary/aromatic N) is 1. The van der Waals surface area contributed by atoms with Gasteiger partial charge in [0.2, 0.25) is 47.3 Å². The molecule has 0 aliphatic carbocycles.